The zero-order valence-electron chi connectivity index (χ0n) is 6.91. The average molecular weight is 172 g/mol. The summed E-state index contributed by atoms with van der Waals surface area (Å²) in [5, 5.41) is 16.7. The third-order valence-electron chi connectivity index (χ3n) is 1.39. The molecule has 4 nitrogen and oxygen atoms in total. The van der Waals surface area contributed by atoms with Crippen molar-refractivity contribution in [1.29, 1.82) is 0 Å². The van der Waals surface area contributed by atoms with E-state index in [4.69, 9.17) is 10.2 Å². The number of aliphatic hydroxyl groups excluding tert-OH is 1. The monoisotopic (exact) mass is 172 g/mol. The van der Waals surface area contributed by atoms with Gasteiger partial charge in [0.15, 0.2) is 5.78 Å². The standard InChI is InChI=1S/C8H12O4/c1-6(8(11)12)3-2-4-7(10)5-9/h3,9H,2,4-5H2,1H3,(H,11,12). The van der Waals surface area contributed by atoms with Crippen LogP contribution < -0.4 is 0 Å². The highest BCUT2D eigenvalue weighted by atomic mass is 16.4. The molecule has 4 heteroatoms. The zero-order valence-corrected chi connectivity index (χ0v) is 6.91. The Hall–Kier alpha value is -1.16. The maximum Gasteiger partial charge on any atom is 0.330 e. The Morgan fingerprint density at radius 1 is 1.42 bits per heavy atom. The second-order valence-electron chi connectivity index (χ2n) is 2.43. The molecule has 0 aliphatic rings. The molecule has 0 saturated carbocycles. The topological polar surface area (TPSA) is 74.6 Å². The van der Waals surface area contributed by atoms with Gasteiger partial charge >= 0.3 is 5.97 Å². The summed E-state index contributed by atoms with van der Waals surface area (Å²) in [5.74, 6) is -1.25. The molecule has 0 unspecified atom stereocenters. The van der Waals surface area contributed by atoms with E-state index < -0.39 is 12.6 Å². The fourth-order valence-corrected chi connectivity index (χ4v) is 0.616. The fraction of sp³-hybridized carbons (Fsp3) is 0.500. The van der Waals surface area contributed by atoms with Crippen molar-refractivity contribution in [2.24, 2.45) is 0 Å². The van der Waals surface area contributed by atoms with Crippen LogP contribution in [0.3, 0.4) is 0 Å². The number of hydrogen-bond donors (Lipinski definition) is 2. The summed E-state index contributed by atoms with van der Waals surface area (Å²) in [4.78, 5) is 20.8. The predicted molar refractivity (Wildman–Crippen MR) is 42.7 cm³/mol. The molecule has 0 radical (unpaired) electrons. The lowest BCUT2D eigenvalue weighted by atomic mass is 10.2. The van der Waals surface area contributed by atoms with Crippen LogP contribution in [0.15, 0.2) is 11.6 Å². The summed E-state index contributed by atoms with van der Waals surface area (Å²) < 4.78 is 0. The number of aliphatic hydroxyl groups is 1. The van der Waals surface area contributed by atoms with Gasteiger partial charge < -0.3 is 10.2 Å². The second kappa shape index (κ2) is 5.49. The van der Waals surface area contributed by atoms with E-state index >= 15 is 0 Å². The van der Waals surface area contributed by atoms with Crippen LogP contribution >= 0.6 is 0 Å². The molecule has 0 aliphatic carbocycles. The number of carbonyl (C=O) groups is 2. The number of rotatable bonds is 5. The van der Waals surface area contributed by atoms with Crippen molar-refractivity contribution in [3.8, 4) is 0 Å². The summed E-state index contributed by atoms with van der Waals surface area (Å²) in [6.07, 6.45) is 2.04. The summed E-state index contributed by atoms with van der Waals surface area (Å²) in [6, 6.07) is 0. The lowest BCUT2D eigenvalue weighted by Gasteiger charge is -1.93. The molecule has 12 heavy (non-hydrogen) atoms. The molecule has 0 atom stereocenters. The van der Waals surface area contributed by atoms with Gasteiger partial charge in [0.2, 0.25) is 0 Å². The Balaban J connectivity index is 3.75. The number of allylic oxidation sites excluding steroid dienone is 1. The predicted octanol–water partition coefficient (Wildman–Crippen LogP) is 0.359. The molecular formula is C8H12O4. The number of carboxylic acids is 1. The van der Waals surface area contributed by atoms with Crippen molar-refractivity contribution in [1.82, 2.24) is 0 Å². The van der Waals surface area contributed by atoms with Crippen molar-refractivity contribution in [2.75, 3.05) is 6.61 Å². The molecule has 2 N–H and O–H groups in total. The van der Waals surface area contributed by atoms with E-state index in [0.717, 1.165) is 0 Å². The van der Waals surface area contributed by atoms with Gasteiger partial charge in [-0.3, -0.25) is 4.79 Å². The Morgan fingerprint density at radius 3 is 2.42 bits per heavy atom. The maximum absolute atomic E-state index is 10.5. The summed E-state index contributed by atoms with van der Waals surface area (Å²) in [5.41, 5.74) is 0.223. The van der Waals surface area contributed by atoms with Crippen LogP contribution in [0.5, 0.6) is 0 Å². The van der Waals surface area contributed by atoms with E-state index in [0.29, 0.717) is 6.42 Å². The SMILES string of the molecule is CC(=CCCC(=O)CO)C(=O)O. The third kappa shape index (κ3) is 4.62. The highest BCUT2D eigenvalue weighted by Gasteiger charge is 2.00. The van der Waals surface area contributed by atoms with E-state index in [9.17, 15) is 9.59 Å². The van der Waals surface area contributed by atoms with E-state index in [2.05, 4.69) is 0 Å². The number of aliphatic carboxylic acids is 1. The smallest absolute Gasteiger partial charge is 0.330 e. The number of Topliss-reactive ketones (excluding diaryl/α,β-unsaturated/α-hetero) is 1. The number of carbonyl (C=O) groups excluding carboxylic acids is 1. The van der Waals surface area contributed by atoms with E-state index in [1.807, 2.05) is 0 Å². The molecule has 0 heterocycles. The van der Waals surface area contributed by atoms with Gasteiger partial charge in [0.25, 0.3) is 0 Å². The Labute approximate surface area is 70.5 Å². The highest BCUT2D eigenvalue weighted by molar-refractivity contribution is 5.86. The molecule has 68 valence electrons. The van der Waals surface area contributed by atoms with Gasteiger partial charge in [0, 0.05) is 12.0 Å². The molecule has 0 aromatic carbocycles. The molecule has 0 spiro atoms. The van der Waals surface area contributed by atoms with Crippen molar-refractivity contribution in [3.63, 3.8) is 0 Å². The lowest BCUT2D eigenvalue weighted by molar-refractivity contribution is -0.132. The molecule has 0 rings (SSSR count). The molecule has 0 saturated heterocycles. The van der Waals surface area contributed by atoms with E-state index in [1.54, 1.807) is 0 Å². The maximum atomic E-state index is 10.5. The van der Waals surface area contributed by atoms with Gasteiger partial charge in [-0.1, -0.05) is 6.08 Å². The number of ketones is 1. The van der Waals surface area contributed by atoms with Crippen LogP contribution in [0, 0.1) is 0 Å². The minimum absolute atomic E-state index is 0.196. The summed E-state index contributed by atoms with van der Waals surface area (Å²) in [6.45, 7) is 0.992. The molecule has 0 aromatic heterocycles. The zero-order chi connectivity index (χ0) is 9.56. The first-order valence-electron chi connectivity index (χ1n) is 3.60. The first kappa shape index (κ1) is 10.8. The Bertz CT molecular complexity index is 205. The van der Waals surface area contributed by atoms with Crippen LogP contribution in [0.1, 0.15) is 19.8 Å². The van der Waals surface area contributed by atoms with Crippen molar-refractivity contribution in [3.05, 3.63) is 11.6 Å². The average Bonchev–Trinajstić information content (AvgIpc) is 2.03. The van der Waals surface area contributed by atoms with Gasteiger partial charge in [0.1, 0.15) is 6.61 Å². The molecule has 0 amide bonds. The van der Waals surface area contributed by atoms with Crippen LogP contribution in [0.25, 0.3) is 0 Å². The fourth-order valence-electron chi connectivity index (χ4n) is 0.616. The van der Waals surface area contributed by atoms with Crippen LogP contribution in [0.4, 0.5) is 0 Å². The minimum atomic E-state index is -0.980. The van der Waals surface area contributed by atoms with Crippen molar-refractivity contribution >= 4 is 11.8 Å². The molecule has 0 aliphatic heterocycles. The van der Waals surface area contributed by atoms with Crippen LogP contribution in [-0.2, 0) is 9.59 Å². The minimum Gasteiger partial charge on any atom is -0.478 e. The van der Waals surface area contributed by atoms with Crippen LogP contribution in [0.2, 0.25) is 0 Å². The summed E-state index contributed by atoms with van der Waals surface area (Å²) in [7, 11) is 0. The lowest BCUT2D eigenvalue weighted by Crippen LogP contribution is -2.02. The highest BCUT2D eigenvalue weighted by Crippen LogP contribution is 1.98. The van der Waals surface area contributed by atoms with Gasteiger partial charge in [-0.2, -0.15) is 0 Å². The normalized spacial score (nSPS) is 11.3. The van der Waals surface area contributed by atoms with Crippen molar-refractivity contribution < 1.29 is 19.8 Å². The largest absolute Gasteiger partial charge is 0.478 e. The van der Waals surface area contributed by atoms with Crippen molar-refractivity contribution in [2.45, 2.75) is 19.8 Å². The van der Waals surface area contributed by atoms with Crippen LogP contribution in [-0.4, -0.2) is 28.6 Å². The molecule has 0 bridgehead atoms. The second-order valence-corrected chi connectivity index (χ2v) is 2.43. The first-order valence-corrected chi connectivity index (χ1v) is 3.60. The summed E-state index contributed by atoms with van der Waals surface area (Å²) >= 11 is 0. The molecule has 0 aromatic rings. The third-order valence-corrected chi connectivity index (χ3v) is 1.39. The molecule has 0 fully saturated rings. The first-order chi connectivity index (χ1) is 5.57. The number of carboxylic acid groups (broad SMARTS) is 1. The molecular weight excluding hydrogens is 160 g/mol. The number of hydrogen-bond acceptors (Lipinski definition) is 3. The quantitative estimate of drug-likeness (QED) is 0.587. The van der Waals surface area contributed by atoms with Gasteiger partial charge in [-0.05, 0) is 13.3 Å². The van der Waals surface area contributed by atoms with Gasteiger partial charge in [-0.25, -0.2) is 4.79 Å². The Kier molecular flexibility index (Phi) is 4.96. The van der Waals surface area contributed by atoms with Gasteiger partial charge in [0.05, 0.1) is 0 Å². The van der Waals surface area contributed by atoms with E-state index in [-0.39, 0.29) is 17.8 Å². The van der Waals surface area contributed by atoms with E-state index in [1.165, 1.54) is 13.0 Å². The van der Waals surface area contributed by atoms with Gasteiger partial charge in [-0.15, -0.1) is 0 Å². The Morgan fingerprint density at radius 2 is 2.00 bits per heavy atom.